The molecular formula is C11H14N2O3. The lowest BCUT2D eigenvalue weighted by Gasteiger charge is -2.27. The van der Waals surface area contributed by atoms with E-state index in [1.807, 2.05) is 0 Å². The molecule has 0 radical (unpaired) electrons. The van der Waals surface area contributed by atoms with Crippen molar-refractivity contribution in [1.29, 1.82) is 0 Å². The molecule has 1 aromatic rings. The third-order valence-electron chi connectivity index (χ3n) is 2.85. The van der Waals surface area contributed by atoms with Gasteiger partial charge in [0.15, 0.2) is 5.75 Å². The van der Waals surface area contributed by atoms with Crippen molar-refractivity contribution in [2.24, 2.45) is 0 Å². The second-order valence-corrected chi connectivity index (χ2v) is 3.92. The standard InChI is InChI=1S/C11H14N2O3/c1-16-11-7-9(12-8-3-2-4-8)5-6-10(11)13(14)15/h5-8,12H,2-4H2,1H3. The Bertz CT molecular complexity index is 402. The third-order valence-corrected chi connectivity index (χ3v) is 2.85. The summed E-state index contributed by atoms with van der Waals surface area (Å²) >= 11 is 0. The van der Waals surface area contributed by atoms with Crippen molar-refractivity contribution in [2.45, 2.75) is 25.3 Å². The zero-order valence-corrected chi connectivity index (χ0v) is 9.10. The number of methoxy groups -OCH3 is 1. The summed E-state index contributed by atoms with van der Waals surface area (Å²) in [7, 11) is 1.44. The Kier molecular flexibility index (Phi) is 2.94. The smallest absolute Gasteiger partial charge is 0.311 e. The molecule has 0 spiro atoms. The molecule has 5 nitrogen and oxygen atoms in total. The number of nitro benzene ring substituents is 1. The highest BCUT2D eigenvalue weighted by Crippen LogP contribution is 2.31. The number of rotatable bonds is 4. The Labute approximate surface area is 93.6 Å². The van der Waals surface area contributed by atoms with E-state index < -0.39 is 4.92 Å². The predicted molar refractivity (Wildman–Crippen MR) is 60.9 cm³/mol. The minimum absolute atomic E-state index is 0.00154. The van der Waals surface area contributed by atoms with Crippen molar-refractivity contribution in [2.75, 3.05) is 12.4 Å². The van der Waals surface area contributed by atoms with Crippen LogP contribution in [-0.4, -0.2) is 18.1 Å². The van der Waals surface area contributed by atoms with Gasteiger partial charge in [0.25, 0.3) is 0 Å². The quantitative estimate of drug-likeness (QED) is 0.628. The largest absolute Gasteiger partial charge is 0.490 e. The topological polar surface area (TPSA) is 64.4 Å². The van der Waals surface area contributed by atoms with Crippen molar-refractivity contribution in [3.8, 4) is 5.75 Å². The van der Waals surface area contributed by atoms with Crippen molar-refractivity contribution < 1.29 is 9.66 Å². The average molecular weight is 222 g/mol. The van der Waals surface area contributed by atoms with E-state index in [1.165, 1.54) is 32.4 Å². The molecule has 0 aliphatic heterocycles. The van der Waals surface area contributed by atoms with Crippen molar-refractivity contribution in [3.63, 3.8) is 0 Å². The zero-order valence-electron chi connectivity index (χ0n) is 9.10. The summed E-state index contributed by atoms with van der Waals surface area (Å²) in [6, 6.07) is 5.38. The van der Waals surface area contributed by atoms with E-state index in [2.05, 4.69) is 5.32 Å². The monoisotopic (exact) mass is 222 g/mol. The van der Waals surface area contributed by atoms with E-state index in [-0.39, 0.29) is 5.69 Å². The van der Waals surface area contributed by atoms with Gasteiger partial charge >= 0.3 is 5.69 Å². The maximum Gasteiger partial charge on any atom is 0.311 e. The fourth-order valence-corrected chi connectivity index (χ4v) is 1.71. The van der Waals surface area contributed by atoms with Crippen molar-refractivity contribution in [1.82, 2.24) is 0 Å². The van der Waals surface area contributed by atoms with E-state index in [0.717, 1.165) is 5.69 Å². The molecule has 0 aromatic heterocycles. The Morgan fingerprint density at radius 2 is 2.25 bits per heavy atom. The molecule has 1 aliphatic carbocycles. The van der Waals surface area contributed by atoms with Crippen LogP contribution < -0.4 is 10.1 Å². The van der Waals surface area contributed by atoms with E-state index in [0.29, 0.717) is 11.8 Å². The molecule has 0 heterocycles. The highest BCUT2D eigenvalue weighted by molar-refractivity contribution is 5.58. The summed E-state index contributed by atoms with van der Waals surface area (Å²) in [5.74, 6) is 0.300. The van der Waals surface area contributed by atoms with E-state index in [4.69, 9.17) is 4.74 Å². The minimum atomic E-state index is -0.439. The summed E-state index contributed by atoms with van der Waals surface area (Å²) in [6.45, 7) is 0. The fourth-order valence-electron chi connectivity index (χ4n) is 1.71. The van der Waals surface area contributed by atoms with Crippen LogP contribution >= 0.6 is 0 Å². The second kappa shape index (κ2) is 4.38. The fraction of sp³-hybridized carbons (Fsp3) is 0.455. The first kappa shape index (κ1) is 10.7. The summed E-state index contributed by atoms with van der Waals surface area (Å²) in [4.78, 5) is 10.2. The molecule has 1 aromatic carbocycles. The number of benzene rings is 1. The zero-order chi connectivity index (χ0) is 11.5. The van der Waals surface area contributed by atoms with Crippen LogP contribution in [0.25, 0.3) is 0 Å². The van der Waals surface area contributed by atoms with Crippen LogP contribution in [0.1, 0.15) is 19.3 Å². The van der Waals surface area contributed by atoms with Gasteiger partial charge < -0.3 is 10.1 Å². The van der Waals surface area contributed by atoms with Crippen LogP contribution in [0.15, 0.2) is 18.2 Å². The maximum absolute atomic E-state index is 10.7. The van der Waals surface area contributed by atoms with E-state index >= 15 is 0 Å². The molecule has 0 unspecified atom stereocenters. The molecule has 1 aliphatic rings. The first-order valence-corrected chi connectivity index (χ1v) is 5.29. The molecule has 1 fully saturated rings. The van der Waals surface area contributed by atoms with Gasteiger partial charge in [0.05, 0.1) is 12.0 Å². The molecular weight excluding hydrogens is 208 g/mol. The number of ether oxygens (including phenoxy) is 1. The number of nitrogens with one attached hydrogen (secondary N) is 1. The van der Waals surface area contributed by atoms with Crippen molar-refractivity contribution in [3.05, 3.63) is 28.3 Å². The van der Waals surface area contributed by atoms with Crippen LogP contribution in [0.5, 0.6) is 5.75 Å². The molecule has 5 heteroatoms. The molecule has 0 amide bonds. The first-order valence-electron chi connectivity index (χ1n) is 5.29. The number of hydrogen-bond acceptors (Lipinski definition) is 4. The Hall–Kier alpha value is -1.78. The van der Waals surface area contributed by atoms with Gasteiger partial charge in [0.2, 0.25) is 0 Å². The van der Waals surface area contributed by atoms with Gasteiger partial charge in [0.1, 0.15) is 0 Å². The van der Waals surface area contributed by atoms with Gasteiger partial charge in [-0.05, 0) is 25.3 Å². The van der Waals surface area contributed by atoms with Crippen LogP contribution in [0.3, 0.4) is 0 Å². The summed E-state index contributed by atoms with van der Waals surface area (Å²) < 4.78 is 5.00. The highest BCUT2D eigenvalue weighted by atomic mass is 16.6. The maximum atomic E-state index is 10.7. The lowest BCUT2D eigenvalue weighted by atomic mass is 9.93. The highest BCUT2D eigenvalue weighted by Gasteiger charge is 2.19. The van der Waals surface area contributed by atoms with E-state index in [9.17, 15) is 10.1 Å². The molecule has 2 rings (SSSR count). The van der Waals surface area contributed by atoms with E-state index in [1.54, 1.807) is 12.1 Å². The van der Waals surface area contributed by atoms with Gasteiger partial charge in [-0.15, -0.1) is 0 Å². The van der Waals surface area contributed by atoms with Gasteiger partial charge in [-0.3, -0.25) is 10.1 Å². The van der Waals surface area contributed by atoms with Crippen molar-refractivity contribution >= 4 is 11.4 Å². The molecule has 0 saturated heterocycles. The number of hydrogen-bond donors (Lipinski definition) is 1. The Morgan fingerprint density at radius 1 is 1.50 bits per heavy atom. The molecule has 0 atom stereocenters. The Morgan fingerprint density at radius 3 is 2.75 bits per heavy atom. The lowest BCUT2D eigenvalue weighted by Crippen LogP contribution is -2.26. The van der Waals surface area contributed by atoms with Crippen LogP contribution in [0.2, 0.25) is 0 Å². The predicted octanol–water partition coefficient (Wildman–Crippen LogP) is 2.57. The van der Waals surface area contributed by atoms with Crippen LogP contribution in [-0.2, 0) is 0 Å². The average Bonchev–Trinajstić information content (AvgIpc) is 2.23. The summed E-state index contributed by atoms with van der Waals surface area (Å²) in [6.07, 6.45) is 3.58. The Balaban J connectivity index is 2.18. The lowest BCUT2D eigenvalue weighted by molar-refractivity contribution is -0.385. The molecule has 0 bridgehead atoms. The summed E-state index contributed by atoms with van der Waals surface area (Å²) in [5.41, 5.74) is 0.883. The molecule has 86 valence electrons. The number of nitro groups is 1. The minimum Gasteiger partial charge on any atom is -0.490 e. The van der Waals surface area contributed by atoms with Crippen LogP contribution in [0, 0.1) is 10.1 Å². The number of anilines is 1. The number of nitrogens with zero attached hydrogens (tertiary/aromatic N) is 1. The second-order valence-electron chi connectivity index (χ2n) is 3.92. The van der Waals surface area contributed by atoms with Gasteiger partial charge in [0, 0.05) is 23.9 Å². The molecule has 1 N–H and O–H groups in total. The SMILES string of the molecule is COc1cc(NC2CCC2)ccc1[N+](=O)[O-]. The van der Waals surface area contributed by atoms with Gasteiger partial charge in [-0.25, -0.2) is 0 Å². The first-order chi connectivity index (χ1) is 7.70. The van der Waals surface area contributed by atoms with Gasteiger partial charge in [-0.2, -0.15) is 0 Å². The van der Waals surface area contributed by atoms with Crippen LogP contribution in [0.4, 0.5) is 11.4 Å². The normalized spacial score (nSPS) is 15.3. The summed E-state index contributed by atoms with van der Waals surface area (Å²) in [5, 5.41) is 14.0. The molecule has 1 saturated carbocycles. The molecule has 16 heavy (non-hydrogen) atoms. The van der Waals surface area contributed by atoms with Gasteiger partial charge in [-0.1, -0.05) is 0 Å². The third kappa shape index (κ3) is 2.08.